The number of hydrogen-bond donors (Lipinski definition) is 0. The van der Waals surface area contributed by atoms with Gasteiger partial charge >= 0.3 is 5.97 Å². The molecule has 0 radical (unpaired) electrons. The van der Waals surface area contributed by atoms with E-state index >= 15 is 0 Å². The Labute approximate surface area is 214 Å². The van der Waals surface area contributed by atoms with Gasteiger partial charge in [-0.15, -0.1) is 0 Å². The van der Waals surface area contributed by atoms with E-state index in [9.17, 15) is 14.4 Å². The second-order valence-corrected chi connectivity index (χ2v) is 14.6. The Bertz CT molecular complexity index is 1130. The van der Waals surface area contributed by atoms with Gasteiger partial charge in [0.05, 0.1) is 12.5 Å². The highest BCUT2D eigenvalue weighted by Gasteiger charge is 2.82. The Kier molecular flexibility index (Phi) is 4.40. The molecule has 1 spiro atoms. The molecule has 4 heterocycles. The zero-order valence-electron chi connectivity index (χ0n) is 22.7. The summed E-state index contributed by atoms with van der Waals surface area (Å²) in [6.45, 7) is 13.9. The molecule has 0 N–H and O–H groups in total. The largest absolute Gasteiger partial charge is 0.443 e. The van der Waals surface area contributed by atoms with E-state index in [1.165, 1.54) is 0 Å². The van der Waals surface area contributed by atoms with Crippen LogP contribution in [0, 0.1) is 45.8 Å². The molecule has 0 aromatic rings. The van der Waals surface area contributed by atoms with Crippen LogP contribution >= 0.6 is 0 Å². The fourth-order valence-electron chi connectivity index (χ4n) is 11.3. The zero-order chi connectivity index (χ0) is 25.6. The van der Waals surface area contributed by atoms with Crippen molar-refractivity contribution in [2.45, 2.75) is 104 Å². The normalized spacial score (nSPS) is 57.7. The van der Waals surface area contributed by atoms with Crippen LogP contribution in [0.4, 0.5) is 0 Å². The van der Waals surface area contributed by atoms with Crippen molar-refractivity contribution < 1.29 is 23.9 Å². The molecule has 7 aliphatic rings. The van der Waals surface area contributed by atoms with Gasteiger partial charge in [0.15, 0.2) is 11.5 Å². The molecule has 0 aromatic carbocycles. The number of ether oxygens (including phenoxy) is 2. The first-order valence-corrected chi connectivity index (χ1v) is 14.2. The van der Waals surface area contributed by atoms with Crippen molar-refractivity contribution in [3.63, 3.8) is 0 Å². The van der Waals surface area contributed by atoms with E-state index in [0.29, 0.717) is 12.3 Å². The van der Waals surface area contributed by atoms with Crippen molar-refractivity contribution in [3.05, 3.63) is 11.6 Å². The lowest BCUT2D eigenvalue weighted by atomic mass is 9.33. The van der Waals surface area contributed by atoms with Crippen LogP contribution < -0.4 is 0 Å². The summed E-state index contributed by atoms with van der Waals surface area (Å²) >= 11 is 0. The lowest BCUT2D eigenvalue weighted by Crippen LogP contribution is -2.83. The van der Waals surface area contributed by atoms with Gasteiger partial charge in [-0.1, -0.05) is 40.2 Å². The molecule has 6 fully saturated rings. The molecule has 4 saturated heterocycles. The standard InChI is InChI=1S/C30H41NO5/c1-16-10-20-23(21(32)11-16)18(3)24(34)25-26(20,4)15-30-28(6,27(25,5)13-22(33)36-30)7-8-29-12-17(2)9-19(35-29)14-31(29)30/h11,17-20,23,25H,7-10,12-15H2,1-6H3/t17-,18+,19+,20+,23-,25-,26-,27+,28-,29-,30+/m0/s1. The molecular weight excluding hydrogens is 454 g/mol. The van der Waals surface area contributed by atoms with Crippen molar-refractivity contribution in [1.82, 2.24) is 4.90 Å². The van der Waals surface area contributed by atoms with Gasteiger partial charge in [-0.25, -0.2) is 4.90 Å². The van der Waals surface area contributed by atoms with Crippen LogP contribution in [0.15, 0.2) is 11.6 Å². The number of fused-ring (bicyclic) bond motifs is 5. The maximum absolute atomic E-state index is 14.4. The van der Waals surface area contributed by atoms with Crippen LogP contribution in [0.1, 0.15) is 86.5 Å². The van der Waals surface area contributed by atoms with Gasteiger partial charge in [0, 0.05) is 36.1 Å². The highest BCUT2D eigenvalue weighted by molar-refractivity contribution is 6.00. The van der Waals surface area contributed by atoms with Crippen LogP contribution in [-0.4, -0.2) is 46.5 Å². The van der Waals surface area contributed by atoms with Gasteiger partial charge in [-0.05, 0) is 67.8 Å². The Morgan fingerprint density at radius 3 is 2.58 bits per heavy atom. The summed E-state index contributed by atoms with van der Waals surface area (Å²) in [6, 6.07) is 0. The molecule has 7 rings (SSSR count). The number of hydrogen-bond acceptors (Lipinski definition) is 6. The summed E-state index contributed by atoms with van der Waals surface area (Å²) < 4.78 is 13.4. The molecule has 3 aliphatic carbocycles. The number of allylic oxidation sites excluding steroid dienone is 2. The van der Waals surface area contributed by atoms with E-state index in [1.54, 1.807) is 6.08 Å². The second kappa shape index (κ2) is 6.72. The highest BCUT2D eigenvalue weighted by atomic mass is 16.6. The minimum absolute atomic E-state index is 0.0740. The minimum atomic E-state index is -0.817. The maximum Gasteiger partial charge on any atom is 0.308 e. The van der Waals surface area contributed by atoms with Crippen molar-refractivity contribution in [1.29, 1.82) is 0 Å². The summed E-state index contributed by atoms with van der Waals surface area (Å²) in [6.07, 6.45) is 7.43. The molecule has 0 aromatic heterocycles. The molecule has 36 heavy (non-hydrogen) atoms. The zero-order valence-corrected chi connectivity index (χ0v) is 22.7. The third kappa shape index (κ3) is 2.41. The van der Waals surface area contributed by atoms with Crippen LogP contribution in [0.2, 0.25) is 0 Å². The summed E-state index contributed by atoms with van der Waals surface area (Å²) in [5, 5.41) is 0. The summed E-state index contributed by atoms with van der Waals surface area (Å²) in [4.78, 5) is 43.7. The fourth-order valence-corrected chi connectivity index (χ4v) is 11.3. The summed E-state index contributed by atoms with van der Waals surface area (Å²) in [7, 11) is 0. The Morgan fingerprint density at radius 2 is 1.83 bits per heavy atom. The Balaban J connectivity index is 1.46. The van der Waals surface area contributed by atoms with Crippen molar-refractivity contribution in [3.8, 4) is 0 Å². The van der Waals surface area contributed by atoms with Gasteiger partial charge in [0.2, 0.25) is 0 Å². The molecule has 11 atom stereocenters. The van der Waals surface area contributed by atoms with Crippen molar-refractivity contribution in [2.24, 2.45) is 45.8 Å². The molecule has 4 bridgehead atoms. The quantitative estimate of drug-likeness (QED) is 0.455. The van der Waals surface area contributed by atoms with E-state index in [0.717, 1.165) is 44.2 Å². The number of ketones is 2. The number of nitrogens with zero attached hydrogens (tertiary/aromatic N) is 1. The lowest BCUT2D eigenvalue weighted by molar-refractivity contribution is -0.379. The molecule has 196 valence electrons. The monoisotopic (exact) mass is 495 g/mol. The van der Waals surface area contributed by atoms with Crippen LogP contribution in [-0.2, 0) is 23.9 Å². The lowest BCUT2D eigenvalue weighted by Gasteiger charge is -2.76. The topological polar surface area (TPSA) is 72.9 Å². The molecule has 4 aliphatic heterocycles. The highest BCUT2D eigenvalue weighted by Crippen LogP contribution is 2.78. The van der Waals surface area contributed by atoms with Gasteiger partial charge in [-0.2, -0.15) is 0 Å². The van der Waals surface area contributed by atoms with Gasteiger partial charge in [0.1, 0.15) is 11.5 Å². The number of esters is 1. The average Bonchev–Trinajstić information content (AvgIpc) is 3.04. The molecule has 6 nitrogen and oxygen atoms in total. The van der Waals surface area contributed by atoms with E-state index in [1.807, 2.05) is 6.92 Å². The number of carbonyl (C=O) groups is 3. The first-order valence-electron chi connectivity index (χ1n) is 14.2. The third-order valence-electron chi connectivity index (χ3n) is 12.7. The van der Waals surface area contributed by atoms with Gasteiger partial charge in [0.25, 0.3) is 0 Å². The molecule has 0 unspecified atom stereocenters. The van der Waals surface area contributed by atoms with Crippen molar-refractivity contribution in [2.75, 3.05) is 6.54 Å². The Morgan fingerprint density at radius 1 is 1.08 bits per heavy atom. The molecule has 0 amide bonds. The molecule has 6 heteroatoms. The minimum Gasteiger partial charge on any atom is -0.443 e. The first kappa shape index (κ1) is 23.6. The first-order chi connectivity index (χ1) is 16.8. The predicted molar refractivity (Wildman–Crippen MR) is 132 cm³/mol. The average molecular weight is 496 g/mol. The van der Waals surface area contributed by atoms with Crippen LogP contribution in [0.5, 0.6) is 0 Å². The maximum atomic E-state index is 14.4. The van der Waals surface area contributed by atoms with Gasteiger partial charge < -0.3 is 9.47 Å². The van der Waals surface area contributed by atoms with Crippen molar-refractivity contribution >= 4 is 17.5 Å². The van der Waals surface area contributed by atoms with E-state index < -0.39 is 22.3 Å². The fraction of sp³-hybridized carbons (Fsp3) is 0.833. The smallest absolute Gasteiger partial charge is 0.308 e. The van der Waals surface area contributed by atoms with E-state index in [-0.39, 0.29) is 59.1 Å². The number of rotatable bonds is 0. The summed E-state index contributed by atoms with van der Waals surface area (Å²) in [5.74, 6) is -0.101. The van der Waals surface area contributed by atoms with Gasteiger partial charge in [-0.3, -0.25) is 14.4 Å². The van der Waals surface area contributed by atoms with Crippen LogP contribution in [0.25, 0.3) is 0 Å². The van der Waals surface area contributed by atoms with Crippen LogP contribution in [0.3, 0.4) is 0 Å². The van der Waals surface area contributed by atoms with E-state index in [2.05, 4.69) is 39.5 Å². The predicted octanol–water partition coefficient (Wildman–Crippen LogP) is 4.66. The van der Waals surface area contributed by atoms with E-state index in [4.69, 9.17) is 9.47 Å². The number of carbonyl (C=O) groups excluding carboxylic acids is 3. The number of Topliss-reactive ketones (excluding diaryl/α,β-unsaturated/α-hetero) is 1. The summed E-state index contributed by atoms with van der Waals surface area (Å²) in [5.41, 5.74) is -1.44. The molecule has 2 saturated carbocycles. The SMILES string of the molecule is CC1=CC(=O)[C@@H]2[C@@H](C1)[C@]1(C)C[C@@]34OC(=O)C[C@](C)([C@H]1C(=O)[C@@H]2C)[C@]3(C)CC[C@]12C[C@@H](C)C[C@H](CN14)O2. The molecular formula is C30H41NO5. The number of piperidine rings is 1. The third-order valence-corrected chi connectivity index (χ3v) is 12.7. The second-order valence-electron chi connectivity index (χ2n) is 14.6. The Hall–Kier alpha value is -1.53.